The number of hydrogen-bond acceptors (Lipinski definition) is 6. The van der Waals surface area contributed by atoms with Crippen molar-refractivity contribution >= 4 is 23.2 Å². The first-order valence-electron chi connectivity index (χ1n) is 8.72. The molecule has 2 aromatic carbocycles. The fraction of sp³-hybridized carbons (Fsp3) is 0.300. The Morgan fingerprint density at radius 3 is 2.19 bits per heavy atom. The summed E-state index contributed by atoms with van der Waals surface area (Å²) in [6.07, 6.45) is -1.22. The Morgan fingerprint density at radius 1 is 0.926 bits per heavy atom. The minimum atomic E-state index is -0.841. The number of hydroxylamine groups is 1. The molecule has 0 bridgehead atoms. The van der Waals surface area contributed by atoms with Crippen LogP contribution >= 0.6 is 0 Å². The molecular weight excluding hydrogens is 346 g/mol. The van der Waals surface area contributed by atoms with Crippen LogP contribution in [0.4, 0.5) is 11.4 Å². The number of fused-ring (bicyclic) bond motifs is 1. The minimum Gasteiger partial charge on any atom is -0.497 e. The second-order valence-corrected chi connectivity index (χ2v) is 6.80. The monoisotopic (exact) mass is 367 g/mol. The zero-order valence-electron chi connectivity index (χ0n) is 15.4. The highest BCUT2D eigenvalue weighted by molar-refractivity contribution is 6.23. The van der Waals surface area contributed by atoms with Crippen molar-refractivity contribution in [1.82, 2.24) is 4.90 Å². The lowest BCUT2D eigenvalue weighted by molar-refractivity contribution is -0.126. The summed E-state index contributed by atoms with van der Waals surface area (Å²) in [7, 11) is 5.32. The predicted octanol–water partition coefficient (Wildman–Crippen LogP) is 1.89. The summed E-state index contributed by atoms with van der Waals surface area (Å²) >= 11 is 0. The maximum Gasteiger partial charge on any atom is 0.266 e. The lowest BCUT2D eigenvalue weighted by Crippen LogP contribution is -2.47. The fourth-order valence-corrected chi connectivity index (χ4v) is 3.70. The van der Waals surface area contributed by atoms with E-state index >= 15 is 0 Å². The largest absolute Gasteiger partial charge is 0.497 e. The van der Waals surface area contributed by atoms with E-state index in [1.807, 2.05) is 49.3 Å². The molecule has 2 aliphatic rings. The molecule has 0 unspecified atom stereocenters. The first-order valence-corrected chi connectivity index (χ1v) is 8.72. The Hall–Kier alpha value is -2.90. The summed E-state index contributed by atoms with van der Waals surface area (Å²) in [4.78, 5) is 35.3. The van der Waals surface area contributed by atoms with Crippen LogP contribution in [0.15, 0.2) is 54.6 Å². The van der Waals surface area contributed by atoms with Crippen molar-refractivity contribution in [1.29, 1.82) is 0 Å². The molecule has 0 N–H and O–H groups in total. The Balaban J connectivity index is 1.67. The van der Waals surface area contributed by atoms with Gasteiger partial charge in [0.15, 0.2) is 6.10 Å². The van der Waals surface area contributed by atoms with E-state index in [4.69, 9.17) is 9.57 Å². The van der Waals surface area contributed by atoms with Crippen LogP contribution in [0.25, 0.3) is 0 Å². The molecule has 4 rings (SSSR count). The highest BCUT2D eigenvalue weighted by Gasteiger charge is 2.60. The van der Waals surface area contributed by atoms with Gasteiger partial charge < -0.3 is 4.74 Å². The van der Waals surface area contributed by atoms with Gasteiger partial charge in [0.05, 0.1) is 18.5 Å². The maximum atomic E-state index is 13.2. The standard InChI is InChI=1S/C20H21N3O4/c1-21(2)18-16-17(27-23(18)14-7-5-4-6-8-14)20(25)22(19(16)24)13-9-11-15(26-3)12-10-13/h4-12,16-18H,1-3H3/t16-,17-,18+/m1/s1. The third-order valence-electron chi connectivity index (χ3n) is 4.95. The third kappa shape index (κ3) is 2.75. The van der Waals surface area contributed by atoms with E-state index in [9.17, 15) is 9.59 Å². The minimum absolute atomic E-state index is 0.257. The van der Waals surface area contributed by atoms with Crippen LogP contribution in [0.2, 0.25) is 0 Å². The van der Waals surface area contributed by atoms with E-state index in [1.165, 1.54) is 4.90 Å². The van der Waals surface area contributed by atoms with Crippen molar-refractivity contribution in [2.24, 2.45) is 5.92 Å². The van der Waals surface area contributed by atoms with Gasteiger partial charge in [0.2, 0.25) is 5.91 Å². The zero-order valence-corrected chi connectivity index (χ0v) is 15.4. The van der Waals surface area contributed by atoms with Gasteiger partial charge in [-0.25, -0.2) is 9.96 Å². The van der Waals surface area contributed by atoms with Crippen molar-refractivity contribution < 1.29 is 19.2 Å². The smallest absolute Gasteiger partial charge is 0.266 e. The average Bonchev–Trinajstić information content (AvgIpc) is 3.19. The number of imide groups is 1. The Bertz CT molecular complexity index is 853. The van der Waals surface area contributed by atoms with Crippen LogP contribution in [0, 0.1) is 5.92 Å². The number of ether oxygens (including phenoxy) is 1. The molecule has 3 atom stereocenters. The van der Waals surface area contributed by atoms with Crippen LogP contribution in [0.1, 0.15) is 0 Å². The van der Waals surface area contributed by atoms with Gasteiger partial charge in [-0.1, -0.05) is 18.2 Å². The molecule has 7 heteroatoms. The van der Waals surface area contributed by atoms with Crippen molar-refractivity contribution in [3.63, 3.8) is 0 Å². The number of nitrogens with zero attached hydrogens (tertiary/aromatic N) is 3. The van der Waals surface area contributed by atoms with Crippen LogP contribution in [0.5, 0.6) is 5.75 Å². The van der Waals surface area contributed by atoms with Crippen molar-refractivity contribution in [2.75, 3.05) is 31.2 Å². The van der Waals surface area contributed by atoms with Gasteiger partial charge in [-0.2, -0.15) is 0 Å². The van der Waals surface area contributed by atoms with Crippen molar-refractivity contribution in [3.05, 3.63) is 54.6 Å². The van der Waals surface area contributed by atoms with Crippen LogP contribution in [-0.2, 0) is 14.4 Å². The van der Waals surface area contributed by atoms with E-state index in [1.54, 1.807) is 36.4 Å². The molecule has 27 heavy (non-hydrogen) atoms. The number of amides is 2. The second-order valence-electron chi connectivity index (χ2n) is 6.80. The normalized spacial score (nSPS) is 24.7. The summed E-state index contributed by atoms with van der Waals surface area (Å²) in [5.41, 5.74) is 1.33. The van der Waals surface area contributed by atoms with Gasteiger partial charge in [-0.05, 0) is 50.5 Å². The molecule has 2 aromatic rings. The Morgan fingerprint density at radius 2 is 1.59 bits per heavy atom. The highest BCUT2D eigenvalue weighted by Crippen LogP contribution is 2.41. The van der Waals surface area contributed by atoms with Gasteiger partial charge in [0.1, 0.15) is 17.8 Å². The molecule has 0 aromatic heterocycles. The van der Waals surface area contributed by atoms with E-state index in [0.29, 0.717) is 11.4 Å². The molecule has 2 saturated heterocycles. The number of carbonyl (C=O) groups excluding carboxylic acids is 2. The summed E-state index contributed by atoms with van der Waals surface area (Å²) < 4.78 is 5.15. The van der Waals surface area contributed by atoms with E-state index < -0.39 is 12.0 Å². The summed E-state index contributed by atoms with van der Waals surface area (Å²) in [6, 6.07) is 16.4. The Labute approximate surface area is 157 Å². The number of rotatable bonds is 4. The molecule has 140 valence electrons. The van der Waals surface area contributed by atoms with Crippen LogP contribution in [0.3, 0.4) is 0 Å². The molecule has 0 spiro atoms. The van der Waals surface area contributed by atoms with Gasteiger partial charge in [-0.15, -0.1) is 0 Å². The van der Waals surface area contributed by atoms with Gasteiger partial charge in [0.25, 0.3) is 5.91 Å². The lowest BCUT2D eigenvalue weighted by Gasteiger charge is -2.32. The summed E-state index contributed by atoms with van der Waals surface area (Å²) in [6.45, 7) is 0. The number of anilines is 2. The molecule has 2 fully saturated rings. The molecule has 2 heterocycles. The predicted molar refractivity (Wildman–Crippen MR) is 100 cm³/mol. The number of hydrogen-bond donors (Lipinski definition) is 0. The first-order chi connectivity index (χ1) is 13.0. The van der Waals surface area contributed by atoms with Gasteiger partial charge in [-0.3, -0.25) is 19.3 Å². The van der Waals surface area contributed by atoms with E-state index in [-0.39, 0.29) is 18.0 Å². The second kappa shape index (κ2) is 6.68. The van der Waals surface area contributed by atoms with Gasteiger partial charge >= 0.3 is 0 Å². The fourth-order valence-electron chi connectivity index (χ4n) is 3.70. The average molecular weight is 367 g/mol. The maximum absolute atomic E-state index is 13.2. The quantitative estimate of drug-likeness (QED) is 0.769. The van der Waals surface area contributed by atoms with Gasteiger partial charge in [0, 0.05) is 0 Å². The lowest BCUT2D eigenvalue weighted by atomic mass is 10.0. The Kier molecular flexibility index (Phi) is 4.33. The number of para-hydroxylation sites is 1. The number of benzene rings is 2. The molecule has 7 nitrogen and oxygen atoms in total. The topological polar surface area (TPSA) is 62.3 Å². The zero-order chi connectivity index (χ0) is 19.1. The van der Waals surface area contributed by atoms with E-state index in [0.717, 1.165) is 5.69 Å². The third-order valence-corrected chi connectivity index (χ3v) is 4.95. The number of methoxy groups -OCH3 is 1. The molecular formula is C20H21N3O4. The molecule has 0 radical (unpaired) electrons. The SMILES string of the molecule is COc1ccc(N2C(=O)[C@@H]3[C@@H](ON(c4ccccc4)[C@@H]3N(C)C)C2=O)cc1. The van der Waals surface area contributed by atoms with E-state index in [2.05, 4.69) is 0 Å². The summed E-state index contributed by atoms with van der Waals surface area (Å²) in [5, 5.41) is 1.66. The number of carbonyl (C=O) groups is 2. The van der Waals surface area contributed by atoms with Crippen molar-refractivity contribution in [3.8, 4) is 5.75 Å². The molecule has 2 aliphatic heterocycles. The highest BCUT2D eigenvalue weighted by atomic mass is 16.7. The molecule has 0 aliphatic carbocycles. The van der Waals surface area contributed by atoms with Crippen LogP contribution < -0.4 is 14.7 Å². The first kappa shape index (κ1) is 17.5. The summed E-state index contributed by atoms with van der Waals surface area (Å²) in [5.74, 6) is -0.543. The van der Waals surface area contributed by atoms with Crippen LogP contribution in [-0.4, -0.2) is 50.2 Å². The molecule has 2 amide bonds. The van der Waals surface area contributed by atoms with Crippen molar-refractivity contribution in [2.45, 2.75) is 12.3 Å². The molecule has 0 saturated carbocycles.